The van der Waals surface area contributed by atoms with Gasteiger partial charge >= 0.3 is 7.25 Å². The Labute approximate surface area is 177 Å². The van der Waals surface area contributed by atoms with Crippen molar-refractivity contribution in [3.63, 3.8) is 0 Å². The summed E-state index contributed by atoms with van der Waals surface area (Å²) < 4.78 is 39.0. The van der Waals surface area contributed by atoms with Crippen LogP contribution in [0.4, 0.5) is 17.3 Å². The largest absolute Gasteiger partial charge is 0.673 e. The second kappa shape index (κ2) is 6.65. The predicted octanol–water partition coefficient (Wildman–Crippen LogP) is 4.85. The van der Waals surface area contributed by atoms with Gasteiger partial charge in [0.2, 0.25) is 0 Å². The molecule has 1 unspecified atom stereocenters. The van der Waals surface area contributed by atoms with Crippen molar-refractivity contribution in [2.45, 2.75) is 88.1 Å². The van der Waals surface area contributed by atoms with Crippen LogP contribution < -0.4 is 4.90 Å². The summed E-state index contributed by atoms with van der Waals surface area (Å²) in [5, 5.41) is 0. The van der Waals surface area contributed by atoms with Crippen LogP contribution in [0.15, 0.2) is 12.4 Å². The highest BCUT2D eigenvalue weighted by atomic mass is 19.5. The van der Waals surface area contributed by atoms with Crippen molar-refractivity contribution in [3.8, 4) is 0 Å². The van der Waals surface area contributed by atoms with E-state index in [0.29, 0.717) is 11.1 Å². The van der Waals surface area contributed by atoms with Crippen molar-refractivity contribution in [2.75, 3.05) is 6.67 Å². The summed E-state index contributed by atoms with van der Waals surface area (Å²) in [7, 11) is -6.00. The first-order valence-corrected chi connectivity index (χ1v) is 12.4. The Morgan fingerprint density at radius 1 is 0.667 bits per heavy atom. The molecule has 0 amide bonds. The van der Waals surface area contributed by atoms with E-state index < -0.39 is 7.25 Å². The zero-order chi connectivity index (χ0) is 20.7. The van der Waals surface area contributed by atoms with Crippen molar-refractivity contribution in [1.82, 2.24) is 4.90 Å². The Balaban J connectivity index is 0.000000318. The molecule has 168 valence electrons. The van der Waals surface area contributed by atoms with Crippen LogP contribution in [0.25, 0.3) is 0 Å². The number of nitrogens with one attached hydrogen (secondary N) is 1. The van der Waals surface area contributed by atoms with Crippen LogP contribution in [0.5, 0.6) is 0 Å². The van der Waals surface area contributed by atoms with Crippen LogP contribution in [-0.2, 0) is 0 Å². The molecule has 1 heterocycles. The molecular formula is C23H35BF4N2. The molecule has 8 bridgehead atoms. The number of quaternary nitrogens is 1. The van der Waals surface area contributed by atoms with Crippen molar-refractivity contribution >= 4 is 7.25 Å². The third-order valence-corrected chi connectivity index (χ3v) is 10.1. The standard InChI is InChI=1S/C23H34N2.BF4/c1-2-25(23-12-19-6-20(13-23)8-21(7-19)14-23)15-24(1)22-9-16-3-17(10-22)5-18(4-16)11-22;2-1(3,4)5/h1-2,16-21H,3-15H2;/q;-1/p+1. The Hall–Kier alpha value is -0.715. The van der Waals surface area contributed by atoms with Gasteiger partial charge in [0.25, 0.3) is 0 Å². The lowest BCUT2D eigenvalue weighted by Gasteiger charge is -2.60. The number of nitrogens with zero attached hydrogens (tertiary/aromatic N) is 1. The summed E-state index contributed by atoms with van der Waals surface area (Å²) in [6, 6.07) is 0. The van der Waals surface area contributed by atoms with E-state index in [1.165, 1.54) is 25.9 Å². The SMILES string of the molecule is C1=C[NH+](C23CC4CC(CC(C4)C2)C3)CN1C12CC3CC(CC(C3)C1)C2.F[B-](F)(F)F. The van der Waals surface area contributed by atoms with E-state index in [1.54, 1.807) is 57.8 Å². The number of hydrogen-bond acceptors (Lipinski definition) is 1. The Morgan fingerprint density at radius 2 is 1.03 bits per heavy atom. The summed E-state index contributed by atoms with van der Waals surface area (Å²) in [6.45, 7) is 1.32. The average Bonchev–Trinajstić information content (AvgIpc) is 3.09. The van der Waals surface area contributed by atoms with Gasteiger partial charge in [0.05, 0.1) is 6.20 Å². The molecule has 8 aliphatic carbocycles. The van der Waals surface area contributed by atoms with Crippen LogP contribution in [0.1, 0.15) is 77.0 Å². The van der Waals surface area contributed by atoms with Gasteiger partial charge in [-0.3, -0.25) is 4.90 Å². The van der Waals surface area contributed by atoms with Crippen molar-refractivity contribution in [2.24, 2.45) is 35.5 Å². The van der Waals surface area contributed by atoms with E-state index in [4.69, 9.17) is 0 Å². The Morgan fingerprint density at radius 3 is 1.43 bits per heavy atom. The van der Waals surface area contributed by atoms with Gasteiger partial charge in [0.15, 0.2) is 6.67 Å². The zero-order valence-corrected chi connectivity index (χ0v) is 17.8. The number of halogens is 4. The molecule has 0 saturated heterocycles. The smallest absolute Gasteiger partial charge is 0.418 e. The summed E-state index contributed by atoms with van der Waals surface area (Å²) in [4.78, 5) is 4.77. The van der Waals surface area contributed by atoms with E-state index in [-0.39, 0.29) is 0 Å². The fourth-order valence-corrected chi connectivity index (χ4v) is 10.1. The molecule has 8 fully saturated rings. The van der Waals surface area contributed by atoms with E-state index in [1.807, 2.05) is 4.90 Å². The number of rotatable bonds is 2. The molecule has 1 aliphatic heterocycles. The molecule has 9 rings (SSSR count). The van der Waals surface area contributed by atoms with Gasteiger partial charge in [-0.05, 0) is 93.3 Å². The second-order valence-corrected chi connectivity index (χ2v) is 12.3. The maximum atomic E-state index is 9.75. The van der Waals surface area contributed by atoms with Gasteiger partial charge in [-0.1, -0.05) is 0 Å². The average molecular weight is 426 g/mol. The third kappa shape index (κ3) is 3.42. The van der Waals surface area contributed by atoms with Crippen molar-refractivity contribution < 1.29 is 22.2 Å². The quantitative estimate of drug-likeness (QED) is 0.490. The summed E-state index contributed by atoms with van der Waals surface area (Å²) >= 11 is 0. The highest BCUT2D eigenvalue weighted by Crippen LogP contribution is 2.58. The van der Waals surface area contributed by atoms with Gasteiger partial charge in [0, 0.05) is 24.8 Å². The molecule has 0 aromatic carbocycles. The molecule has 0 aromatic heterocycles. The predicted molar refractivity (Wildman–Crippen MR) is 109 cm³/mol. The molecule has 0 spiro atoms. The molecule has 0 aromatic rings. The minimum atomic E-state index is -6.00. The van der Waals surface area contributed by atoms with Crippen molar-refractivity contribution in [3.05, 3.63) is 12.4 Å². The number of hydrogen-bond donors (Lipinski definition) is 1. The summed E-state index contributed by atoms with van der Waals surface area (Å²) in [6.07, 6.45) is 23.9. The second-order valence-electron chi connectivity index (χ2n) is 12.3. The minimum Gasteiger partial charge on any atom is -0.418 e. The molecule has 0 radical (unpaired) electrons. The summed E-state index contributed by atoms with van der Waals surface area (Å²) in [5.74, 6) is 6.47. The molecule has 8 saturated carbocycles. The third-order valence-electron chi connectivity index (χ3n) is 10.1. The maximum Gasteiger partial charge on any atom is 0.673 e. The highest BCUT2D eigenvalue weighted by molar-refractivity contribution is 6.50. The zero-order valence-electron chi connectivity index (χ0n) is 17.8. The van der Waals surface area contributed by atoms with Gasteiger partial charge in [-0.25, -0.2) is 0 Å². The molecule has 2 nitrogen and oxygen atoms in total. The van der Waals surface area contributed by atoms with Crippen LogP contribution >= 0.6 is 0 Å². The van der Waals surface area contributed by atoms with Crippen LogP contribution in [0.2, 0.25) is 0 Å². The van der Waals surface area contributed by atoms with E-state index in [9.17, 15) is 17.3 Å². The molecule has 30 heavy (non-hydrogen) atoms. The van der Waals surface area contributed by atoms with Crippen LogP contribution in [0.3, 0.4) is 0 Å². The van der Waals surface area contributed by atoms with Gasteiger partial charge in [-0.15, -0.1) is 0 Å². The summed E-state index contributed by atoms with van der Waals surface area (Å²) in [5.41, 5.74) is 1.22. The fraction of sp³-hybridized carbons (Fsp3) is 0.913. The minimum absolute atomic E-state index is 0.579. The van der Waals surface area contributed by atoms with Crippen LogP contribution in [-0.4, -0.2) is 29.9 Å². The first kappa shape index (κ1) is 19.9. The molecule has 1 atom stereocenters. The van der Waals surface area contributed by atoms with Crippen molar-refractivity contribution in [1.29, 1.82) is 0 Å². The van der Waals surface area contributed by atoms with E-state index >= 15 is 0 Å². The Bertz CT molecular complexity index is 592. The lowest BCUT2D eigenvalue weighted by atomic mass is 9.52. The lowest BCUT2D eigenvalue weighted by molar-refractivity contribution is -0.913. The molecule has 1 N–H and O–H groups in total. The topological polar surface area (TPSA) is 7.68 Å². The first-order chi connectivity index (χ1) is 14.2. The fourth-order valence-electron chi connectivity index (χ4n) is 10.1. The van der Waals surface area contributed by atoms with E-state index in [2.05, 4.69) is 17.3 Å². The molecular weight excluding hydrogens is 391 g/mol. The maximum absolute atomic E-state index is 9.75. The molecule has 9 aliphatic rings. The first-order valence-electron chi connectivity index (χ1n) is 12.4. The Kier molecular flexibility index (Phi) is 4.42. The highest BCUT2D eigenvalue weighted by Gasteiger charge is 2.59. The normalized spacial score (nSPS) is 52.7. The molecule has 7 heteroatoms. The van der Waals surface area contributed by atoms with E-state index in [0.717, 1.165) is 35.5 Å². The van der Waals surface area contributed by atoms with Gasteiger partial charge < -0.3 is 22.2 Å². The lowest BCUT2D eigenvalue weighted by Crippen LogP contribution is -3.17. The van der Waals surface area contributed by atoms with Crippen LogP contribution in [0, 0.1) is 35.5 Å². The monoisotopic (exact) mass is 426 g/mol. The van der Waals surface area contributed by atoms with Gasteiger partial charge in [-0.2, -0.15) is 0 Å². The van der Waals surface area contributed by atoms with Gasteiger partial charge in [0.1, 0.15) is 11.7 Å².